The van der Waals surface area contributed by atoms with Gasteiger partial charge in [0, 0.05) is 16.6 Å². The predicted octanol–water partition coefficient (Wildman–Crippen LogP) is 5.63. The minimum Gasteiger partial charge on any atom is -0.338 e. The van der Waals surface area contributed by atoms with Crippen LogP contribution in [0.15, 0.2) is 72.8 Å². The number of hydrogen-bond acceptors (Lipinski definition) is 2. The van der Waals surface area contributed by atoms with E-state index in [4.69, 9.17) is 11.6 Å². The van der Waals surface area contributed by atoms with Gasteiger partial charge in [0.1, 0.15) is 0 Å². The van der Waals surface area contributed by atoms with E-state index in [2.05, 4.69) is 33.7 Å². The number of hydrogen-bond donors (Lipinski definition) is 2. The quantitative estimate of drug-likeness (QED) is 0.514. The highest BCUT2D eigenvalue weighted by Crippen LogP contribution is 2.34. The largest absolute Gasteiger partial charge is 0.338 e. The molecular weight excluding hydrogens is 306 g/mol. The van der Waals surface area contributed by atoms with Crippen LogP contribution in [0.1, 0.15) is 0 Å². The number of para-hydroxylation sites is 1. The molecule has 0 aliphatic rings. The first-order valence-corrected chi connectivity index (χ1v) is 7.74. The van der Waals surface area contributed by atoms with E-state index in [1.807, 2.05) is 54.6 Å². The van der Waals surface area contributed by atoms with Crippen LogP contribution in [-0.4, -0.2) is 10.2 Å². The van der Waals surface area contributed by atoms with Gasteiger partial charge in [0.2, 0.25) is 0 Å². The van der Waals surface area contributed by atoms with Crippen molar-refractivity contribution in [2.45, 2.75) is 0 Å². The Morgan fingerprint density at radius 2 is 1.57 bits per heavy atom. The lowest BCUT2D eigenvalue weighted by Crippen LogP contribution is -1.90. The number of nitrogens with zero attached hydrogens (tertiary/aromatic N) is 1. The third-order valence-corrected chi connectivity index (χ3v) is 4.08. The Hall–Kier alpha value is -2.78. The zero-order valence-corrected chi connectivity index (χ0v) is 13.0. The average molecular weight is 320 g/mol. The zero-order valence-electron chi connectivity index (χ0n) is 12.3. The molecule has 4 rings (SSSR count). The molecule has 23 heavy (non-hydrogen) atoms. The summed E-state index contributed by atoms with van der Waals surface area (Å²) in [5.74, 6) is 0.792. The van der Waals surface area contributed by atoms with Crippen LogP contribution in [0.25, 0.3) is 22.0 Å². The molecule has 4 heteroatoms. The lowest BCUT2D eigenvalue weighted by molar-refractivity contribution is 1.12. The van der Waals surface area contributed by atoms with Crippen molar-refractivity contribution >= 4 is 34.0 Å². The van der Waals surface area contributed by atoms with Crippen molar-refractivity contribution in [3.63, 3.8) is 0 Å². The van der Waals surface area contributed by atoms with Crippen LogP contribution >= 0.6 is 11.6 Å². The first-order chi connectivity index (χ1) is 11.3. The number of aromatic amines is 1. The highest BCUT2D eigenvalue weighted by atomic mass is 35.5. The molecule has 0 saturated heterocycles. The molecule has 3 aromatic carbocycles. The van der Waals surface area contributed by atoms with E-state index in [9.17, 15) is 0 Å². The molecule has 0 aliphatic carbocycles. The maximum Gasteiger partial charge on any atom is 0.160 e. The van der Waals surface area contributed by atoms with Gasteiger partial charge in [-0.2, -0.15) is 5.10 Å². The van der Waals surface area contributed by atoms with Crippen molar-refractivity contribution in [1.82, 2.24) is 10.2 Å². The summed E-state index contributed by atoms with van der Waals surface area (Å²) in [7, 11) is 0. The molecule has 0 bridgehead atoms. The molecule has 0 aliphatic heterocycles. The molecule has 0 unspecified atom stereocenters. The van der Waals surface area contributed by atoms with Crippen LogP contribution < -0.4 is 5.32 Å². The number of rotatable bonds is 3. The van der Waals surface area contributed by atoms with Crippen LogP contribution in [0.2, 0.25) is 5.02 Å². The third kappa shape index (κ3) is 2.67. The first-order valence-electron chi connectivity index (χ1n) is 7.36. The molecule has 3 nitrogen and oxygen atoms in total. The number of fused-ring (bicyclic) bond motifs is 1. The third-order valence-electron chi connectivity index (χ3n) is 3.77. The van der Waals surface area contributed by atoms with E-state index in [-0.39, 0.29) is 0 Å². The summed E-state index contributed by atoms with van der Waals surface area (Å²) in [6.45, 7) is 0. The number of anilines is 2. The standard InChI is InChI=1S/C19H14ClN3/c20-17-12-18-16(11-15(17)13-7-3-1-4-8-13)19(23-22-18)21-14-9-5-2-6-10-14/h1-12H,(H2,21,22,23). The monoisotopic (exact) mass is 319 g/mol. The van der Waals surface area contributed by atoms with Gasteiger partial charge in [-0.3, -0.25) is 5.10 Å². The Bertz CT molecular complexity index is 946. The van der Waals surface area contributed by atoms with Gasteiger partial charge in [0.25, 0.3) is 0 Å². The van der Waals surface area contributed by atoms with Crippen LogP contribution in [0, 0.1) is 0 Å². The molecule has 2 N–H and O–H groups in total. The summed E-state index contributed by atoms with van der Waals surface area (Å²) in [5, 5.41) is 12.5. The van der Waals surface area contributed by atoms with Crippen molar-refractivity contribution < 1.29 is 0 Å². The summed E-state index contributed by atoms with van der Waals surface area (Å²) < 4.78 is 0. The van der Waals surface area contributed by atoms with Crippen LogP contribution in [0.3, 0.4) is 0 Å². The fraction of sp³-hybridized carbons (Fsp3) is 0. The van der Waals surface area contributed by atoms with Crippen molar-refractivity contribution in [3.8, 4) is 11.1 Å². The summed E-state index contributed by atoms with van der Waals surface area (Å²) in [5.41, 5.74) is 3.99. The number of halogens is 1. The minimum atomic E-state index is 0.707. The highest BCUT2D eigenvalue weighted by Gasteiger charge is 2.11. The normalized spacial score (nSPS) is 10.8. The van der Waals surface area contributed by atoms with Crippen LogP contribution in [-0.2, 0) is 0 Å². The maximum atomic E-state index is 6.44. The Balaban J connectivity index is 1.82. The van der Waals surface area contributed by atoms with E-state index in [0.29, 0.717) is 5.02 Å². The zero-order chi connectivity index (χ0) is 15.6. The van der Waals surface area contributed by atoms with Crippen LogP contribution in [0.5, 0.6) is 0 Å². The molecule has 0 radical (unpaired) electrons. The van der Waals surface area contributed by atoms with Crippen molar-refractivity contribution in [2.75, 3.05) is 5.32 Å². The van der Waals surface area contributed by atoms with Crippen molar-refractivity contribution in [2.24, 2.45) is 0 Å². The fourth-order valence-electron chi connectivity index (χ4n) is 2.63. The lowest BCUT2D eigenvalue weighted by Gasteiger charge is -2.07. The summed E-state index contributed by atoms with van der Waals surface area (Å²) in [6.07, 6.45) is 0. The second-order valence-electron chi connectivity index (χ2n) is 5.31. The molecule has 0 amide bonds. The SMILES string of the molecule is Clc1cc2[nH]nc(Nc3ccccc3)c2cc1-c1ccccc1. The van der Waals surface area contributed by atoms with Gasteiger partial charge < -0.3 is 5.32 Å². The number of aromatic nitrogens is 2. The molecule has 112 valence electrons. The molecule has 0 atom stereocenters. The second kappa shape index (κ2) is 5.78. The maximum absolute atomic E-state index is 6.44. The Morgan fingerprint density at radius 1 is 0.870 bits per heavy atom. The van der Waals surface area contributed by atoms with Gasteiger partial charge >= 0.3 is 0 Å². The lowest BCUT2D eigenvalue weighted by atomic mass is 10.0. The molecule has 0 spiro atoms. The molecule has 4 aromatic rings. The average Bonchev–Trinajstić information content (AvgIpc) is 2.97. The van der Waals surface area contributed by atoms with E-state index in [0.717, 1.165) is 33.5 Å². The van der Waals surface area contributed by atoms with Gasteiger partial charge in [-0.15, -0.1) is 0 Å². The predicted molar refractivity (Wildman–Crippen MR) is 96.3 cm³/mol. The second-order valence-corrected chi connectivity index (χ2v) is 5.71. The van der Waals surface area contributed by atoms with E-state index in [1.165, 1.54) is 0 Å². The van der Waals surface area contributed by atoms with E-state index < -0.39 is 0 Å². The number of benzene rings is 3. The summed E-state index contributed by atoms with van der Waals surface area (Å²) in [6, 6.07) is 24.1. The molecular formula is C19H14ClN3. The number of nitrogens with one attached hydrogen (secondary N) is 2. The molecule has 1 aromatic heterocycles. The Labute approximate surface area is 138 Å². The topological polar surface area (TPSA) is 40.7 Å². The summed E-state index contributed by atoms with van der Waals surface area (Å²) >= 11 is 6.44. The molecule has 0 saturated carbocycles. The molecule has 1 heterocycles. The first kappa shape index (κ1) is 13.9. The Kier molecular flexibility index (Phi) is 3.48. The van der Waals surface area contributed by atoms with E-state index >= 15 is 0 Å². The van der Waals surface area contributed by atoms with Crippen LogP contribution in [0.4, 0.5) is 11.5 Å². The van der Waals surface area contributed by atoms with Gasteiger partial charge in [-0.25, -0.2) is 0 Å². The van der Waals surface area contributed by atoms with Gasteiger partial charge in [-0.1, -0.05) is 60.1 Å². The smallest absolute Gasteiger partial charge is 0.160 e. The van der Waals surface area contributed by atoms with Gasteiger partial charge in [0.05, 0.1) is 10.5 Å². The fourth-order valence-corrected chi connectivity index (χ4v) is 2.90. The van der Waals surface area contributed by atoms with Gasteiger partial charge in [-0.05, 0) is 29.8 Å². The number of H-pyrrole nitrogens is 1. The van der Waals surface area contributed by atoms with Gasteiger partial charge in [0.15, 0.2) is 5.82 Å². The van der Waals surface area contributed by atoms with E-state index in [1.54, 1.807) is 0 Å². The highest BCUT2D eigenvalue weighted by molar-refractivity contribution is 6.34. The summed E-state index contributed by atoms with van der Waals surface area (Å²) in [4.78, 5) is 0. The van der Waals surface area contributed by atoms with Crippen molar-refractivity contribution in [3.05, 3.63) is 77.8 Å². The van der Waals surface area contributed by atoms with Crippen molar-refractivity contribution in [1.29, 1.82) is 0 Å². The Morgan fingerprint density at radius 3 is 2.30 bits per heavy atom. The molecule has 0 fully saturated rings. The minimum absolute atomic E-state index is 0.707.